The molecule has 0 bridgehead atoms. The normalized spacial score (nSPS) is 11.0. The molecule has 0 aliphatic rings. The fraction of sp³-hybridized carbons (Fsp3) is 0.0667. The number of rotatable bonds is 3. The second-order valence-corrected chi connectivity index (χ2v) is 5.47. The van der Waals surface area contributed by atoms with Crippen LogP contribution in [0.4, 0.5) is 8.78 Å². The highest BCUT2D eigenvalue weighted by Crippen LogP contribution is 2.23. The van der Waals surface area contributed by atoms with Gasteiger partial charge in [-0.1, -0.05) is 6.07 Å². The fourth-order valence-electron chi connectivity index (χ4n) is 2.17. The van der Waals surface area contributed by atoms with E-state index in [0.29, 0.717) is 16.6 Å². The second-order valence-electron chi connectivity index (χ2n) is 4.55. The van der Waals surface area contributed by atoms with Gasteiger partial charge in [0.2, 0.25) is 0 Å². The summed E-state index contributed by atoms with van der Waals surface area (Å²) in [6, 6.07) is 5.28. The van der Waals surface area contributed by atoms with Gasteiger partial charge in [0.1, 0.15) is 17.3 Å². The molecule has 0 atom stereocenters. The van der Waals surface area contributed by atoms with Crippen LogP contribution in [0.25, 0.3) is 11.0 Å². The Labute approximate surface area is 127 Å². The summed E-state index contributed by atoms with van der Waals surface area (Å²) in [6.45, 7) is 0. The Hall–Kier alpha value is -2.08. The largest absolute Gasteiger partial charge is 0.345 e. The monoisotopic (exact) mass is 350 g/mol. The van der Waals surface area contributed by atoms with Crippen LogP contribution in [0.2, 0.25) is 0 Å². The van der Waals surface area contributed by atoms with Gasteiger partial charge in [-0.2, -0.15) is 0 Å². The first-order valence-electron chi connectivity index (χ1n) is 6.15. The SMILES string of the molecule is O=C(Cc1c(F)cccc1F)c1c[nH]c2ncc(Br)cc12. The molecule has 3 nitrogen and oxygen atoms in total. The second kappa shape index (κ2) is 5.37. The van der Waals surface area contributed by atoms with Crippen LogP contribution in [0.5, 0.6) is 0 Å². The summed E-state index contributed by atoms with van der Waals surface area (Å²) < 4.78 is 27.9. The minimum atomic E-state index is -0.720. The Morgan fingerprint density at radius 3 is 2.71 bits per heavy atom. The van der Waals surface area contributed by atoms with Gasteiger partial charge in [0, 0.05) is 39.8 Å². The van der Waals surface area contributed by atoms with Crippen LogP contribution in [0.1, 0.15) is 15.9 Å². The first kappa shape index (κ1) is 13.9. The molecule has 1 aromatic carbocycles. The zero-order valence-electron chi connectivity index (χ0n) is 10.7. The molecule has 0 unspecified atom stereocenters. The van der Waals surface area contributed by atoms with Gasteiger partial charge in [-0.05, 0) is 34.1 Å². The molecule has 21 heavy (non-hydrogen) atoms. The van der Waals surface area contributed by atoms with Crippen molar-refractivity contribution in [3.63, 3.8) is 0 Å². The molecule has 0 saturated heterocycles. The molecular formula is C15H9BrF2N2O. The minimum Gasteiger partial charge on any atom is -0.345 e. The van der Waals surface area contributed by atoms with Gasteiger partial charge in [-0.15, -0.1) is 0 Å². The predicted molar refractivity (Wildman–Crippen MR) is 78.2 cm³/mol. The molecule has 1 N–H and O–H groups in total. The van der Waals surface area contributed by atoms with Gasteiger partial charge >= 0.3 is 0 Å². The van der Waals surface area contributed by atoms with Crippen molar-refractivity contribution in [1.82, 2.24) is 9.97 Å². The maximum atomic E-state index is 13.6. The van der Waals surface area contributed by atoms with Crippen molar-refractivity contribution in [2.24, 2.45) is 0 Å². The minimum absolute atomic E-state index is 0.222. The van der Waals surface area contributed by atoms with Gasteiger partial charge < -0.3 is 4.98 Å². The zero-order valence-corrected chi connectivity index (χ0v) is 12.2. The van der Waals surface area contributed by atoms with E-state index in [-0.39, 0.29) is 17.8 Å². The lowest BCUT2D eigenvalue weighted by atomic mass is 10.0. The summed E-state index contributed by atoms with van der Waals surface area (Å²) in [5, 5.41) is 0.617. The zero-order chi connectivity index (χ0) is 15.0. The fourth-order valence-corrected chi connectivity index (χ4v) is 2.50. The summed E-state index contributed by atoms with van der Waals surface area (Å²) in [4.78, 5) is 19.3. The highest BCUT2D eigenvalue weighted by molar-refractivity contribution is 9.10. The highest BCUT2D eigenvalue weighted by Gasteiger charge is 2.17. The quantitative estimate of drug-likeness (QED) is 0.725. The van der Waals surface area contributed by atoms with Crippen LogP contribution < -0.4 is 0 Å². The topological polar surface area (TPSA) is 45.8 Å². The highest BCUT2D eigenvalue weighted by atomic mass is 79.9. The molecule has 106 valence electrons. The molecule has 3 aromatic rings. The molecule has 0 spiro atoms. The number of carbonyl (C=O) groups is 1. The van der Waals surface area contributed by atoms with Crippen molar-refractivity contribution in [2.45, 2.75) is 6.42 Å². The number of halogens is 3. The molecule has 3 rings (SSSR count). The van der Waals surface area contributed by atoms with E-state index in [4.69, 9.17) is 0 Å². The molecule has 2 aromatic heterocycles. The van der Waals surface area contributed by atoms with Crippen molar-refractivity contribution in [3.8, 4) is 0 Å². The number of H-pyrrole nitrogens is 1. The van der Waals surface area contributed by atoms with Crippen LogP contribution in [-0.4, -0.2) is 15.8 Å². The van der Waals surface area contributed by atoms with Crippen LogP contribution in [0.15, 0.2) is 41.1 Å². The third kappa shape index (κ3) is 2.58. The number of Topliss-reactive ketones (excluding diaryl/α,β-unsaturated/α-hetero) is 1. The first-order chi connectivity index (χ1) is 10.1. The first-order valence-corrected chi connectivity index (χ1v) is 6.94. The Morgan fingerprint density at radius 2 is 2.00 bits per heavy atom. The van der Waals surface area contributed by atoms with Gasteiger partial charge in [0.25, 0.3) is 0 Å². The lowest BCUT2D eigenvalue weighted by Gasteiger charge is -2.04. The molecule has 0 amide bonds. The predicted octanol–water partition coefficient (Wildman–Crippen LogP) is 4.03. The molecule has 6 heteroatoms. The van der Waals surface area contributed by atoms with E-state index in [9.17, 15) is 13.6 Å². The maximum absolute atomic E-state index is 13.6. The van der Waals surface area contributed by atoms with Gasteiger partial charge in [0.15, 0.2) is 5.78 Å². The standard InChI is InChI=1S/C15H9BrF2N2O/c16-8-4-9-11(7-20-15(9)19-6-8)14(21)5-10-12(17)2-1-3-13(10)18/h1-4,6-7H,5H2,(H,19,20). The average molecular weight is 351 g/mol. The third-order valence-electron chi connectivity index (χ3n) is 3.20. The number of aromatic amines is 1. The lowest BCUT2D eigenvalue weighted by Crippen LogP contribution is -2.06. The number of hydrogen-bond acceptors (Lipinski definition) is 2. The van der Waals surface area contributed by atoms with E-state index in [1.54, 1.807) is 12.3 Å². The van der Waals surface area contributed by atoms with E-state index >= 15 is 0 Å². The van der Waals surface area contributed by atoms with Crippen molar-refractivity contribution >= 4 is 32.7 Å². The number of hydrogen-bond donors (Lipinski definition) is 1. The number of ketones is 1. The Kier molecular flexibility index (Phi) is 3.55. The van der Waals surface area contributed by atoms with E-state index in [1.807, 2.05) is 0 Å². The van der Waals surface area contributed by atoms with E-state index < -0.39 is 11.6 Å². The average Bonchev–Trinajstić information content (AvgIpc) is 2.86. The van der Waals surface area contributed by atoms with Crippen LogP contribution >= 0.6 is 15.9 Å². The van der Waals surface area contributed by atoms with Crippen molar-refractivity contribution in [3.05, 3.63) is 63.9 Å². The molecule has 0 aliphatic carbocycles. The molecule has 2 heterocycles. The number of carbonyl (C=O) groups excluding carboxylic acids is 1. The van der Waals surface area contributed by atoms with Gasteiger partial charge in [0.05, 0.1) is 0 Å². The maximum Gasteiger partial charge on any atom is 0.169 e. The summed E-state index contributed by atoms with van der Waals surface area (Å²) in [7, 11) is 0. The molecule has 0 radical (unpaired) electrons. The number of fused-ring (bicyclic) bond motifs is 1. The molecule has 0 saturated carbocycles. The smallest absolute Gasteiger partial charge is 0.169 e. The summed E-state index contributed by atoms with van der Waals surface area (Å²) >= 11 is 3.28. The number of aromatic nitrogens is 2. The Bertz CT molecular complexity index is 825. The summed E-state index contributed by atoms with van der Waals surface area (Å²) in [5.74, 6) is -1.81. The van der Waals surface area contributed by atoms with Crippen molar-refractivity contribution in [2.75, 3.05) is 0 Å². The number of nitrogens with zero attached hydrogens (tertiary/aromatic N) is 1. The lowest BCUT2D eigenvalue weighted by molar-refractivity contribution is 0.0992. The number of benzene rings is 1. The molecule has 0 aliphatic heterocycles. The van der Waals surface area contributed by atoms with Gasteiger partial charge in [-0.3, -0.25) is 4.79 Å². The number of pyridine rings is 1. The molecule has 0 fully saturated rings. The number of nitrogens with one attached hydrogen (secondary N) is 1. The Morgan fingerprint density at radius 1 is 1.29 bits per heavy atom. The third-order valence-corrected chi connectivity index (χ3v) is 3.63. The van der Waals surface area contributed by atoms with Crippen molar-refractivity contribution in [1.29, 1.82) is 0 Å². The van der Waals surface area contributed by atoms with E-state index in [0.717, 1.165) is 16.6 Å². The summed E-state index contributed by atoms with van der Waals surface area (Å²) in [6.07, 6.45) is 2.77. The van der Waals surface area contributed by atoms with Gasteiger partial charge in [-0.25, -0.2) is 13.8 Å². The van der Waals surface area contributed by atoms with E-state index in [2.05, 4.69) is 25.9 Å². The molecular weight excluding hydrogens is 342 g/mol. The van der Waals surface area contributed by atoms with Crippen LogP contribution in [-0.2, 0) is 6.42 Å². The van der Waals surface area contributed by atoms with Crippen molar-refractivity contribution < 1.29 is 13.6 Å². The van der Waals surface area contributed by atoms with Crippen LogP contribution in [0.3, 0.4) is 0 Å². The van der Waals surface area contributed by atoms with Crippen LogP contribution in [0, 0.1) is 11.6 Å². The van der Waals surface area contributed by atoms with E-state index in [1.165, 1.54) is 12.3 Å². The summed E-state index contributed by atoms with van der Waals surface area (Å²) in [5.41, 5.74) is 0.691. The Balaban J connectivity index is 2.00.